The van der Waals surface area contributed by atoms with Gasteiger partial charge in [0.1, 0.15) is 11.5 Å². The van der Waals surface area contributed by atoms with Gasteiger partial charge in [-0.15, -0.1) is 0 Å². The first-order valence-electron chi connectivity index (χ1n) is 9.79. The maximum Gasteiger partial charge on any atom is 0.200 e. The molecule has 166 valence electrons. The van der Waals surface area contributed by atoms with Crippen molar-refractivity contribution in [3.8, 4) is 11.5 Å². The van der Waals surface area contributed by atoms with Crippen LogP contribution in [0.15, 0.2) is 24.3 Å². The Hall–Kier alpha value is -3.14. The monoisotopic (exact) mass is 429 g/mol. The number of nitrogens with one attached hydrogen (secondary N) is 2. The molecular weight excluding hydrogens is 402 g/mol. The summed E-state index contributed by atoms with van der Waals surface area (Å²) in [4.78, 5) is 28.8. The molecule has 0 fully saturated rings. The first kappa shape index (κ1) is 22.5. The number of hydrogen-bond acceptors (Lipinski definition) is 9. The molecule has 9 heteroatoms. The van der Waals surface area contributed by atoms with Gasteiger partial charge in [-0.25, -0.2) is 0 Å². The Morgan fingerprint density at radius 1 is 0.839 bits per heavy atom. The van der Waals surface area contributed by atoms with Crippen molar-refractivity contribution in [1.29, 1.82) is 0 Å². The van der Waals surface area contributed by atoms with E-state index in [4.69, 9.17) is 9.47 Å². The number of phenols is 2. The van der Waals surface area contributed by atoms with Crippen LogP contribution >= 0.6 is 0 Å². The highest BCUT2D eigenvalue weighted by Gasteiger charge is 2.38. The number of rotatable bonds is 9. The Morgan fingerprint density at radius 2 is 1.32 bits per heavy atom. The number of ether oxygens (including phenoxy) is 2. The zero-order valence-corrected chi connectivity index (χ0v) is 18.0. The summed E-state index contributed by atoms with van der Waals surface area (Å²) in [6.45, 7) is 1.48. The lowest BCUT2D eigenvalue weighted by Gasteiger charge is -2.25. The number of carbonyl (C=O) groups excluding carboxylic acids is 2. The van der Waals surface area contributed by atoms with E-state index in [1.54, 1.807) is 12.1 Å². The smallest absolute Gasteiger partial charge is 0.200 e. The van der Waals surface area contributed by atoms with Crippen LogP contribution in [0, 0.1) is 0 Å². The molecule has 1 aliphatic carbocycles. The molecule has 2 aromatic rings. The van der Waals surface area contributed by atoms with Crippen LogP contribution in [0.3, 0.4) is 0 Å². The van der Waals surface area contributed by atoms with E-state index in [0.29, 0.717) is 24.5 Å². The molecular formula is C22H27N3O6. The van der Waals surface area contributed by atoms with E-state index in [9.17, 15) is 19.8 Å². The molecule has 9 nitrogen and oxygen atoms in total. The summed E-state index contributed by atoms with van der Waals surface area (Å²) in [6, 6.07) is 5.80. The lowest BCUT2D eigenvalue weighted by Crippen LogP contribution is -2.28. The lowest BCUT2D eigenvalue weighted by molar-refractivity contribution is -0.0914. The summed E-state index contributed by atoms with van der Waals surface area (Å²) in [5, 5.41) is 26.9. The van der Waals surface area contributed by atoms with Gasteiger partial charge < -0.3 is 35.2 Å². The van der Waals surface area contributed by atoms with Crippen molar-refractivity contribution in [1.82, 2.24) is 4.90 Å². The topological polar surface area (TPSA) is 120 Å². The van der Waals surface area contributed by atoms with Crippen LogP contribution in [0.1, 0.15) is 31.8 Å². The van der Waals surface area contributed by atoms with Gasteiger partial charge >= 0.3 is 0 Å². The van der Waals surface area contributed by atoms with Crippen LogP contribution in [0.4, 0.5) is 11.4 Å². The maximum atomic E-state index is 13.4. The van der Waals surface area contributed by atoms with Crippen LogP contribution in [-0.2, 0) is 9.47 Å². The number of carbonyl (C=O) groups is 2. The molecule has 0 saturated carbocycles. The fourth-order valence-electron chi connectivity index (χ4n) is 3.53. The minimum Gasteiger partial charge on any atom is -0.507 e. The number of fused-ring (bicyclic) bond motifs is 2. The molecule has 31 heavy (non-hydrogen) atoms. The number of aromatic hydroxyl groups is 2. The van der Waals surface area contributed by atoms with Crippen LogP contribution in [0.5, 0.6) is 11.5 Å². The zero-order chi connectivity index (χ0) is 22.7. The number of benzene rings is 2. The molecule has 0 saturated heterocycles. The molecule has 2 aromatic carbocycles. The Balaban J connectivity index is 2.11. The normalized spacial score (nSPS) is 12.8. The summed E-state index contributed by atoms with van der Waals surface area (Å²) >= 11 is 0. The summed E-state index contributed by atoms with van der Waals surface area (Å²) in [5.74, 6) is -1.80. The maximum absolute atomic E-state index is 13.4. The van der Waals surface area contributed by atoms with E-state index in [1.807, 2.05) is 19.0 Å². The molecule has 0 amide bonds. The van der Waals surface area contributed by atoms with Crippen LogP contribution in [0.2, 0.25) is 0 Å². The van der Waals surface area contributed by atoms with Gasteiger partial charge in [-0.3, -0.25) is 9.59 Å². The molecule has 0 aromatic heterocycles. The zero-order valence-electron chi connectivity index (χ0n) is 18.0. The van der Waals surface area contributed by atoms with Gasteiger partial charge in [0.25, 0.3) is 0 Å². The molecule has 0 heterocycles. The van der Waals surface area contributed by atoms with Gasteiger partial charge in [-0.05, 0) is 38.4 Å². The van der Waals surface area contributed by atoms with Crippen molar-refractivity contribution >= 4 is 22.9 Å². The van der Waals surface area contributed by atoms with Crippen molar-refractivity contribution in [2.75, 3.05) is 58.6 Å². The van der Waals surface area contributed by atoms with Gasteiger partial charge in [-0.2, -0.15) is 0 Å². The van der Waals surface area contributed by atoms with Crippen molar-refractivity contribution in [3.63, 3.8) is 0 Å². The largest absolute Gasteiger partial charge is 0.507 e. The number of likely N-dealkylation sites (N-methyl/N-ethyl adjacent to an activating group) is 1. The second kappa shape index (κ2) is 9.34. The minimum absolute atomic E-state index is 0.124. The van der Waals surface area contributed by atoms with Crippen molar-refractivity contribution in [2.45, 2.75) is 6.29 Å². The van der Waals surface area contributed by atoms with E-state index in [2.05, 4.69) is 10.6 Å². The number of phenolic OH excluding ortho intramolecular Hbond substituents is 2. The van der Waals surface area contributed by atoms with Crippen LogP contribution in [-0.4, -0.2) is 80.9 Å². The van der Waals surface area contributed by atoms with Gasteiger partial charge in [-0.1, -0.05) is 0 Å². The summed E-state index contributed by atoms with van der Waals surface area (Å²) in [7, 11) is 6.85. The van der Waals surface area contributed by atoms with E-state index in [-0.39, 0.29) is 40.3 Å². The van der Waals surface area contributed by atoms with Crippen molar-refractivity contribution in [2.24, 2.45) is 0 Å². The van der Waals surface area contributed by atoms with E-state index >= 15 is 0 Å². The van der Waals surface area contributed by atoms with Crippen molar-refractivity contribution < 1.29 is 29.3 Å². The number of hydrogen-bond donors (Lipinski definition) is 4. The molecule has 0 unspecified atom stereocenters. The Morgan fingerprint density at radius 3 is 1.77 bits per heavy atom. The standard InChI is InChI=1S/C22H27N3O6/c1-25(2)10-9-23-12-5-6-13(24-11-16(30-3)31-4)18-17(12)21(28)19-14(26)7-8-15(27)20(19)22(18)29/h5-8,16,23-24,26-27H,9-11H2,1-4H3. The highest BCUT2D eigenvalue weighted by atomic mass is 16.7. The summed E-state index contributed by atoms with van der Waals surface area (Å²) in [6.07, 6.45) is -0.562. The third-order valence-electron chi connectivity index (χ3n) is 5.13. The fraction of sp³-hybridized carbons (Fsp3) is 0.364. The Labute approximate surface area is 180 Å². The first-order chi connectivity index (χ1) is 14.8. The molecule has 3 rings (SSSR count). The molecule has 0 aliphatic heterocycles. The quantitative estimate of drug-likeness (QED) is 0.298. The molecule has 0 spiro atoms. The average molecular weight is 429 g/mol. The minimum atomic E-state index is -0.562. The lowest BCUT2D eigenvalue weighted by atomic mass is 9.81. The predicted octanol–water partition coefficient (Wildman–Crippen LogP) is 1.88. The van der Waals surface area contributed by atoms with Gasteiger partial charge in [0.15, 0.2) is 6.29 Å². The van der Waals surface area contributed by atoms with Crippen LogP contribution < -0.4 is 10.6 Å². The van der Waals surface area contributed by atoms with E-state index < -0.39 is 17.9 Å². The van der Waals surface area contributed by atoms with Gasteiger partial charge in [0.05, 0.1) is 28.8 Å². The Kier molecular flexibility index (Phi) is 6.79. The Bertz CT molecular complexity index is 1000. The fourth-order valence-corrected chi connectivity index (χ4v) is 3.53. The third kappa shape index (κ3) is 4.34. The van der Waals surface area contributed by atoms with Crippen molar-refractivity contribution in [3.05, 3.63) is 46.5 Å². The van der Waals surface area contributed by atoms with E-state index in [1.165, 1.54) is 26.4 Å². The molecule has 0 atom stereocenters. The highest BCUT2D eigenvalue weighted by molar-refractivity contribution is 6.33. The van der Waals surface area contributed by atoms with Crippen LogP contribution in [0.25, 0.3) is 0 Å². The number of ketones is 2. The molecule has 0 bridgehead atoms. The number of anilines is 2. The second-order valence-electron chi connectivity index (χ2n) is 7.43. The average Bonchev–Trinajstić information content (AvgIpc) is 2.74. The molecule has 4 N–H and O–H groups in total. The molecule has 1 aliphatic rings. The second-order valence-corrected chi connectivity index (χ2v) is 7.43. The summed E-state index contributed by atoms with van der Waals surface area (Å²) in [5.41, 5.74) is 0.744. The first-order valence-corrected chi connectivity index (χ1v) is 9.79. The predicted molar refractivity (Wildman–Crippen MR) is 116 cm³/mol. The SMILES string of the molecule is COC(CNc1ccc(NCCN(C)C)c2c1C(=O)c1c(O)ccc(O)c1C2=O)OC. The summed E-state index contributed by atoms with van der Waals surface area (Å²) < 4.78 is 10.4. The van der Waals surface area contributed by atoms with E-state index in [0.717, 1.165) is 0 Å². The van der Waals surface area contributed by atoms with Gasteiger partial charge in [0.2, 0.25) is 11.6 Å². The number of nitrogens with zero attached hydrogens (tertiary/aromatic N) is 1. The highest BCUT2D eigenvalue weighted by Crippen LogP contribution is 2.42. The number of methoxy groups -OCH3 is 2. The van der Waals surface area contributed by atoms with Gasteiger partial charge in [0, 0.05) is 38.7 Å². The third-order valence-corrected chi connectivity index (χ3v) is 5.13. The molecule has 0 radical (unpaired) electrons.